The van der Waals surface area contributed by atoms with Crippen molar-refractivity contribution in [2.75, 3.05) is 10.6 Å². The van der Waals surface area contributed by atoms with Gasteiger partial charge in [0, 0.05) is 27.8 Å². The summed E-state index contributed by atoms with van der Waals surface area (Å²) in [5, 5.41) is 8.22. The molecule has 1 heterocycles. The van der Waals surface area contributed by atoms with Gasteiger partial charge in [0.2, 0.25) is 5.95 Å². The highest BCUT2D eigenvalue weighted by Gasteiger charge is 2.17. The number of fused-ring (bicyclic) bond motifs is 1. The van der Waals surface area contributed by atoms with E-state index >= 15 is 0 Å². The fourth-order valence-corrected chi connectivity index (χ4v) is 4.93. The van der Waals surface area contributed by atoms with Crippen LogP contribution in [0.15, 0.2) is 76.6 Å². The van der Waals surface area contributed by atoms with E-state index in [1.807, 2.05) is 13.0 Å². The Morgan fingerprint density at radius 1 is 1.03 bits per heavy atom. The number of benzene rings is 2. The van der Waals surface area contributed by atoms with Gasteiger partial charge in [-0.15, -0.1) is 0 Å². The Balaban J connectivity index is 1.55. The minimum atomic E-state index is 0.508. The number of nitrogens with one attached hydrogen (secondary N) is 2. The molecule has 0 unspecified atom stereocenters. The van der Waals surface area contributed by atoms with Crippen LogP contribution in [0.3, 0.4) is 0 Å². The van der Waals surface area contributed by atoms with Crippen LogP contribution in [0.25, 0.3) is 10.9 Å². The van der Waals surface area contributed by atoms with Crippen molar-refractivity contribution in [1.29, 1.82) is 0 Å². The van der Waals surface area contributed by atoms with Crippen LogP contribution in [0, 0.1) is 0 Å². The number of hydrogen-bond donors (Lipinski definition) is 2. The molecule has 4 nitrogen and oxygen atoms in total. The first-order valence-corrected chi connectivity index (χ1v) is 11.9. The maximum absolute atomic E-state index is 4.85. The molecule has 0 saturated heterocycles. The van der Waals surface area contributed by atoms with Gasteiger partial charge in [-0.25, -0.2) is 4.98 Å². The summed E-state index contributed by atoms with van der Waals surface area (Å²) in [5.74, 6) is 1.60. The number of para-hydroxylation sites is 1. The van der Waals surface area contributed by atoms with E-state index in [0.29, 0.717) is 18.5 Å². The summed E-state index contributed by atoms with van der Waals surface area (Å²) >= 11 is 1.78. The minimum absolute atomic E-state index is 0.508. The molecule has 2 N–H and O–H groups in total. The summed E-state index contributed by atoms with van der Waals surface area (Å²) in [5.41, 5.74) is 2.20. The van der Waals surface area contributed by atoms with E-state index in [1.54, 1.807) is 11.8 Å². The van der Waals surface area contributed by atoms with Crippen molar-refractivity contribution >= 4 is 34.4 Å². The van der Waals surface area contributed by atoms with Crippen LogP contribution in [-0.2, 0) is 6.54 Å². The number of nitrogens with zero attached hydrogens (tertiary/aromatic N) is 2. The van der Waals surface area contributed by atoms with Crippen molar-refractivity contribution < 1.29 is 0 Å². The molecule has 0 aliphatic heterocycles. The Hall–Kier alpha value is -2.79. The van der Waals surface area contributed by atoms with E-state index < -0.39 is 0 Å². The third-order valence-corrected chi connectivity index (χ3v) is 6.78. The Kier molecular flexibility index (Phi) is 7.26. The number of allylic oxidation sites excluding steroid dienone is 3. The molecule has 0 bridgehead atoms. The molecule has 0 radical (unpaired) electrons. The molecule has 0 atom stereocenters. The van der Waals surface area contributed by atoms with E-state index in [1.165, 1.54) is 41.0 Å². The largest absolute Gasteiger partial charge is 0.367 e. The van der Waals surface area contributed by atoms with Crippen LogP contribution in [-0.4, -0.2) is 16.0 Å². The second-order valence-electron chi connectivity index (χ2n) is 7.79. The summed E-state index contributed by atoms with van der Waals surface area (Å²) in [6.07, 6.45) is 11.4. The summed E-state index contributed by atoms with van der Waals surface area (Å²) < 4.78 is 0. The normalized spacial score (nSPS) is 15.1. The van der Waals surface area contributed by atoms with Crippen molar-refractivity contribution in [3.63, 3.8) is 0 Å². The number of hydrogen-bond acceptors (Lipinski definition) is 5. The summed E-state index contributed by atoms with van der Waals surface area (Å²) in [6, 6.07) is 17.3. The molecule has 160 valence electrons. The average Bonchev–Trinajstić information content (AvgIpc) is 3.31. The van der Waals surface area contributed by atoms with Crippen molar-refractivity contribution in [2.45, 2.75) is 57.0 Å². The highest BCUT2D eigenvalue weighted by molar-refractivity contribution is 8.03. The summed E-state index contributed by atoms with van der Waals surface area (Å²) in [4.78, 5) is 12.1. The predicted molar refractivity (Wildman–Crippen MR) is 134 cm³/mol. The first kappa shape index (κ1) is 21.4. The fraction of sp³-hybridized carbons (Fsp3) is 0.308. The van der Waals surface area contributed by atoms with Crippen LogP contribution in [0.1, 0.15) is 45.1 Å². The molecule has 3 aromatic rings. The second-order valence-corrected chi connectivity index (χ2v) is 8.91. The molecule has 31 heavy (non-hydrogen) atoms. The van der Waals surface area contributed by atoms with Gasteiger partial charge in [0.15, 0.2) is 0 Å². The zero-order valence-corrected chi connectivity index (χ0v) is 19.1. The number of aromatic nitrogens is 2. The third kappa shape index (κ3) is 5.47. The Labute approximate surface area is 189 Å². The molecule has 0 amide bonds. The summed E-state index contributed by atoms with van der Waals surface area (Å²) in [6.45, 7) is 4.80. The van der Waals surface area contributed by atoms with Gasteiger partial charge in [-0.05, 0) is 50.5 Å². The van der Waals surface area contributed by atoms with Crippen LogP contribution < -0.4 is 10.6 Å². The molecule has 1 aromatic heterocycles. The third-order valence-electron chi connectivity index (χ3n) is 5.55. The highest BCUT2D eigenvalue weighted by Crippen LogP contribution is 2.31. The van der Waals surface area contributed by atoms with Gasteiger partial charge in [-0.1, -0.05) is 73.2 Å². The van der Waals surface area contributed by atoms with Crippen molar-refractivity contribution in [3.8, 4) is 0 Å². The van der Waals surface area contributed by atoms with Crippen LogP contribution in [0.2, 0.25) is 0 Å². The SMILES string of the molecule is CC=CC(=CC)Sc1ccccc1CNc1nc(NC2CCCC2)c2ccccc2n1. The molecule has 2 aromatic carbocycles. The first-order valence-electron chi connectivity index (χ1n) is 11.1. The summed E-state index contributed by atoms with van der Waals surface area (Å²) in [7, 11) is 0. The monoisotopic (exact) mass is 430 g/mol. The van der Waals surface area contributed by atoms with E-state index in [2.05, 4.69) is 78.2 Å². The topological polar surface area (TPSA) is 49.8 Å². The van der Waals surface area contributed by atoms with Crippen molar-refractivity contribution in [3.05, 3.63) is 77.2 Å². The van der Waals surface area contributed by atoms with E-state index in [4.69, 9.17) is 9.97 Å². The molecule has 0 spiro atoms. The van der Waals surface area contributed by atoms with E-state index in [-0.39, 0.29) is 0 Å². The van der Waals surface area contributed by atoms with E-state index in [0.717, 1.165) is 16.7 Å². The highest BCUT2D eigenvalue weighted by atomic mass is 32.2. The van der Waals surface area contributed by atoms with Crippen molar-refractivity contribution in [1.82, 2.24) is 9.97 Å². The zero-order valence-electron chi connectivity index (χ0n) is 18.3. The maximum atomic E-state index is 4.85. The first-order chi connectivity index (χ1) is 15.3. The Morgan fingerprint density at radius 3 is 2.61 bits per heavy atom. The predicted octanol–water partition coefficient (Wildman–Crippen LogP) is 7.17. The lowest BCUT2D eigenvalue weighted by Gasteiger charge is -2.16. The lowest BCUT2D eigenvalue weighted by atomic mass is 10.2. The van der Waals surface area contributed by atoms with Crippen LogP contribution in [0.4, 0.5) is 11.8 Å². The maximum Gasteiger partial charge on any atom is 0.225 e. The van der Waals surface area contributed by atoms with Gasteiger partial charge in [-0.3, -0.25) is 0 Å². The standard InChI is InChI=1S/C26H30N4S/c1-3-11-21(4-2)31-24-17-10-5-12-19(24)18-27-26-29-23-16-9-8-15-22(23)25(30-26)28-20-13-6-7-14-20/h3-5,8-12,15-17,20H,6-7,13-14,18H2,1-2H3,(H2,27,28,29,30). The quantitative estimate of drug-likeness (QED) is 0.293. The lowest BCUT2D eigenvalue weighted by Crippen LogP contribution is -2.17. The van der Waals surface area contributed by atoms with Crippen molar-refractivity contribution in [2.24, 2.45) is 0 Å². The molecule has 1 fully saturated rings. The molecular weight excluding hydrogens is 400 g/mol. The molecule has 1 aliphatic rings. The van der Waals surface area contributed by atoms with Crippen LogP contribution >= 0.6 is 11.8 Å². The number of rotatable bonds is 8. The minimum Gasteiger partial charge on any atom is -0.367 e. The van der Waals surface area contributed by atoms with Gasteiger partial charge in [-0.2, -0.15) is 4.98 Å². The molecule has 4 rings (SSSR count). The fourth-order valence-electron chi connectivity index (χ4n) is 3.93. The van der Waals surface area contributed by atoms with Crippen LogP contribution in [0.5, 0.6) is 0 Å². The second kappa shape index (κ2) is 10.5. The van der Waals surface area contributed by atoms with E-state index in [9.17, 15) is 0 Å². The number of anilines is 2. The number of thioether (sulfide) groups is 1. The van der Waals surface area contributed by atoms with Gasteiger partial charge in [0.25, 0.3) is 0 Å². The Bertz CT molecular complexity index is 1080. The van der Waals surface area contributed by atoms with Gasteiger partial charge >= 0.3 is 0 Å². The molecule has 5 heteroatoms. The Morgan fingerprint density at radius 2 is 1.81 bits per heavy atom. The smallest absolute Gasteiger partial charge is 0.225 e. The van der Waals surface area contributed by atoms with Gasteiger partial charge in [0.05, 0.1) is 5.52 Å². The molecule has 1 saturated carbocycles. The van der Waals surface area contributed by atoms with Gasteiger partial charge < -0.3 is 10.6 Å². The average molecular weight is 431 g/mol. The zero-order chi connectivity index (χ0) is 21.5. The molecule has 1 aliphatic carbocycles. The lowest BCUT2D eigenvalue weighted by molar-refractivity contribution is 0.751. The van der Waals surface area contributed by atoms with Gasteiger partial charge in [0.1, 0.15) is 5.82 Å². The molecular formula is C26H30N4S.